The maximum Gasteiger partial charge on any atom is 0.282 e. The van der Waals surface area contributed by atoms with E-state index in [1.165, 1.54) is 10.5 Å². The summed E-state index contributed by atoms with van der Waals surface area (Å²) in [6.45, 7) is 10.8. The lowest BCUT2D eigenvalue weighted by Gasteiger charge is -2.17. The van der Waals surface area contributed by atoms with Gasteiger partial charge in [-0.15, -0.1) is 0 Å². The van der Waals surface area contributed by atoms with E-state index in [1.807, 2.05) is 69.3 Å². The number of benzene rings is 3. The van der Waals surface area contributed by atoms with Crippen LogP contribution >= 0.6 is 0 Å². The molecule has 0 saturated heterocycles. The van der Waals surface area contributed by atoms with Crippen molar-refractivity contribution in [2.45, 2.75) is 47.0 Å². The third-order valence-corrected chi connectivity index (χ3v) is 6.13. The standard InChI is InChI=1S/C30H32N2O3/c1-6-16-35-25-9-7-8-24(18-25)32-29(33)27(26-15-10-20(4)17-21(26)5)28(30(32)34)31-23-13-11-22(12-14-23)19(2)3/h7-15,17-19,31H,6,16H2,1-5H3. The molecule has 0 bridgehead atoms. The number of imide groups is 1. The van der Waals surface area contributed by atoms with Crippen molar-refractivity contribution in [2.75, 3.05) is 16.8 Å². The molecule has 180 valence electrons. The minimum atomic E-state index is -0.384. The quantitative estimate of drug-likeness (QED) is 0.378. The van der Waals surface area contributed by atoms with Crippen LogP contribution in [0.1, 0.15) is 55.4 Å². The summed E-state index contributed by atoms with van der Waals surface area (Å²) in [6, 6.07) is 21.0. The largest absolute Gasteiger partial charge is 0.494 e. The third kappa shape index (κ3) is 4.99. The van der Waals surface area contributed by atoms with Crippen molar-refractivity contribution >= 4 is 28.8 Å². The second kappa shape index (κ2) is 10.2. The Morgan fingerprint density at radius 1 is 0.914 bits per heavy atom. The van der Waals surface area contributed by atoms with Gasteiger partial charge in [-0.05, 0) is 67.1 Å². The molecule has 1 N–H and O–H groups in total. The van der Waals surface area contributed by atoms with E-state index in [4.69, 9.17) is 4.74 Å². The Kier molecular flexibility index (Phi) is 7.06. The summed E-state index contributed by atoms with van der Waals surface area (Å²) in [5, 5.41) is 3.26. The average Bonchev–Trinajstić information content (AvgIpc) is 3.07. The second-order valence-electron chi connectivity index (χ2n) is 9.26. The third-order valence-electron chi connectivity index (χ3n) is 6.13. The number of nitrogens with one attached hydrogen (secondary N) is 1. The van der Waals surface area contributed by atoms with Gasteiger partial charge in [0.2, 0.25) is 0 Å². The smallest absolute Gasteiger partial charge is 0.282 e. The number of carbonyl (C=O) groups excluding carboxylic acids is 2. The van der Waals surface area contributed by atoms with Gasteiger partial charge in [-0.25, -0.2) is 4.90 Å². The van der Waals surface area contributed by atoms with Crippen molar-refractivity contribution < 1.29 is 14.3 Å². The first kappa shape index (κ1) is 24.3. The van der Waals surface area contributed by atoms with Crippen molar-refractivity contribution in [2.24, 2.45) is 0 Å². The molecule has 0 aliphatic carbocycles. The normalized spacial score (nSPS) is 13.7. The molecular formula is C30H32N2O3. The fourth-order valence-corrected chi connectivity index (χ4v) is 4.25. The van der Waals surface area contributed by atoms with Crippen LogP contribution in [0.15, 0.2) is 72.4 Å². The minimum Gasteiger partial charge on any atom is -0.494 e. The molecule has 0 aromatic heterocycles. The van der Waals surface area contributed by atoms with Crippen molar-refractivity contribution in [3.8, 4) is 5.75 Å². The van der Waals surface area contributed by atoms with Crippen LogP contribution in [-0.2, 0) is 9.59 Å². The summed E-state index contributed by atoms with van der Waals surface area (Å²) in [5.74, 6) is 0.298. The number of hydrogen-bond acceptors (Lipinski definition) is 4. The van der Waals surface area contributed by atoms with E-state index in [0.717, 1.165) is 28.8 Å². The molecule has 2 amide bonds. The number of carbonyl (C=O) groups is 2. The predicted molar refractivity (Wildman–Crippen MR) is 142 cm³/mol. The lowest BCUT2D eigenvalue weighted by Crippen LogP contribution is -2.32. The van der Waals surface area contributed by atoms with Gasteiger partial charge < -0.3 is 10.1 Å². The molecule has 0 fully saturated rings. The van der Waals surface area contributed by atoms with E-state index in [2.05, 4.69) is 19.2 Å². The number of ether oxygens (including phenoxy) is 1. The Morgan fingerprint density at radius 3 is 2.31 bits per heavy atom. The number of rotatable bonds is 8. The second-order valence-corrected chi connectivity index (χ2v) is 9.26. The van der Waals surface area contributed by atoms with Gasteiger partial charge in [0, 0.05) is 11.8 Å². The molecular weight excluding hydrogens is 436 g/mol. The maximum atomic E-state index is 13.8. The molecule has 1 aliphatic heterocycles. The fraction of sp³-hybridized carbons (Fsp3) is 0.267. The van der Waals surface area contributed by atoms with E-state index in [9.17, 15) is 9.59 Å². The molecule has 3 aromatic rings. The zero-order valence-corrected chi connectivity index (χ0v) is 21.0. The number of nitrogens with zero attached hydrogens (tertiary/aromatic N) is 1. The van der Waals surface area contributed by atoms with Crippen molar-refractivity contribution in [1.29, 1.82) is 0 Å². The molecule has 1 heterocycles. The van der Waals surface area contributed by atoms with E-state index in [1.54, 1.807) is 18.2 Å². The molecule has 1 aliphatic rings. The Morgan fingerprint density at radius 2 is 1.66 bits per heavy atom. The number of anilines is 2. The van der Waals surface area contributed by atoms with E-state index in [0.29, 0.717) is 29.5 Å². The lowest BCUT2D eigenvalue weighted by molar-refractivity contribution is -0.120. The molecule has 0 saturated carbocycles. The summed E-state index contributed by atoms with van der Waals surface area (Å²) < 4.78 is 5.74. The Bertz CT molecular complexity index is 1290. The Labute approximate surface area is 207 Å². The van der Waals surface area contributed by atoms with Gasteiger partial charge in [0.1, 0.15) is 11.4 Å². The van der Waals surface area contributed by atoms with Crippen LogP contribution in [0.5, 0.6) is 5.75 Å². The molecule has 0 atom stereocenters. The monoisotopic (exact) mass is 468 g/mol. The SMILES string of the molecule is CCCOc1cccc(N2C(=O)C(Nc3ccc(C(C)C)cc3)=C(c3ccc(C)cc3C)C2=O)c1. The van der Waals surface area contributed by atoms with Crippen molar-refractivity contribution in [3.63, 3.8) is 0 Å². The molecule has 0 spiro atoms. The number of aryl methyl sites for hydroxylation is 2. The van der Waals surface area contributed by atoms with Crippen LogP contribution in [0.2, 0.25) is 0 Å². The maximum absolute atomic E-state index is 13.8. The van der Waals surface area contributed by atoms with E-state index in [-0.39, 0.29) is 17.5 Å². The zero-order chi connectivity index (χ0) is 25.1. The first-order chi connectivity index (χ1) is 16.8. The van der Waals surface area contributed by atoms with Crippen LogP contribution < -0.4 is 15.0 Å². The summed E-state index contributed by atoms with van der Waals surface area (Å²) in [4.78, 5) is 28.8. The van der Waals surface area contributed by atoms with Crippen LogP contribution in [0, 0.1) is 13.8 Å². The fourth-order valence-electron chi connectivity index (χ4n) is 4.25. The molecule has 3 aromatic carbocycles. The summed E-state index contributed by atoms with van der Waals surface area (Å²) in [6.07, 6.45) is 0.869. The molecule has 0 unspecified atom stereocenters. The highest BCUT2D eigenvalue weighted by molar-refractivity contribution is 6.46. The number of hydrogen-bond donors (Lipinski definition) is 1. The van der Waals surface area contributed by atoms with Gasteiger partial charge >= 0.3 is 0 Å². The minimum absolute atomic E-state index is 0.277. The van der Waals surface area contributed by atoms with Gasteiger partial charge in [0.05, 0.1) is 17.9 Å². The highest BCUT2D eigenvalue weighted by Gasteiger charge is 2.40. The highest BCUT2D eigenvalue weighted by Crippen LogP contribution is 2.36. The summed E-state index contributed by atoms with van der Waals surface area (Å²) in [7, 11) is 0. The zero-order valence-electron chi connectivity index (χ0n) is 21.0. The van der Waals surface area contributed by atoms with Gasteiger partial charge in [0.15, 0.2) is 0 Å². The van der Waals surface area contributed by atoms with Crippen LogP contribution in [0.25, 0.3) is 5.57 Å². The predicted octanol–water partition coefficient (Wildman–Crippen LogP) is 6.61. The van der Waals surface area contributed by atoms with Crippen LogP contribution in [-0.4, -0.2) is 18.4 Å². The summed E-state index contributed by atoms with van der Waals surface area (Å²) in [5.41, 5.74) is 5.89. The Balaban J connectivity index is 1.77. The van der Waals surface area contributed by atoms with Crippen LogP contribution in [0.3, 0.4) is 0 Å². The topological polar surface area (TPSA) is 58.6 Å². The summed E-state index contributed by atoms with van der Waals surface area (Å²) >= 11 is 0. The van der Waals surface area contributed by atoms with Crippen LogP contribution in [0.4, 0.5) is 11.4 Å². The Hall–Kier alpha value is -3.86. The first-order valence-electron chi connectivity index (χ1n) is 12.1. The first-order valence-corrected chi connectivity index (χ1v) is 12.1. The molecule has 35 heavy (non-hydrogen) atoms. The van der Waals surface area contributed by atoms with Gasteiger partial charge in [0.25, 0.3) is 11.8 Å². The lowest BCUT2D eigenvalue weighted by atomic mass is 9.97. The molecule has 0 radical (unpaired) electrons. The molecule has 5 heteroatoms. The molecule has 5 nitrogen and oxygen atoms in total. The molecule has 4 rings (SSSR count). The van der Waals surface area contributed by atoms with Crippen molar-refractivity contribution in [3.05, 3.63) is 94.7 Å². The van der Waals surface area contributed by atoms with E-state index < -0.39 is 0 Å². The van der Waals surface area contributed by atoms with Gasteiger partial charge in [-0.3, -0.25) is 9.59 Å². The highest BCUT2D eigenvalue weighted by atomic mass is 16.5. The average molecular weight is 469 g/mol. The van der Waals surface area contributed by atoms with Crippen molar-refractivity contribution in [1.82, 2.24) is 0 Å². The van der Waals surface area contributed by atoms with E-state index >= 15 is 0 Å². The van der Waals surface area contributed by atoms with Gasteiger partial charge in [-0.2, -0.15) is 0 Å². The number of amides is 2. The van der Waals surface area contributed by atoms with Gasteiger partial charge in [-0.1, -0.05) is 62.7 Å².